The standard InChI is InChI=1S/C23H19FN2O2/c1-27-18-9-5-6-15(13-18)20-14-21-19-10-2-3-11-22(19)28-23(26(21)25-20)16-7-4-8-17(24)12-16/h2-13,21,23H,14H2,1H3/t21-,23+/m0/s1. The van der Waals surface area contributed by atoms with Crippen molar-refractivity contribution in [2.45, 2.75) is 18.7 Å². The molecule has 2 atom stereocenters. The van der Waals surface area contributed by atoms with E-state index in [-0.39, 0.29) is 11.9 Å². The molecule has 0 aliphatic carbocycles. The highest BCUT2D eigenvalue weighted by Gasteiger charge is 2.40. The number of benzene rings is 3. The molecule has 140 valence electrons. The van der Waals surface area contributed by atoms with Crippen LogP contribution < -0.4 is 9.47 Å². The van der Waals surface area contributed by atoms with Gasteiger partial charge in [-0.2, -0.15) is 5.10 Å². The van der Waals surface area contributed by atoms with Crippen molar-refractivity contribution in [3.05, 3.63) is 95.3 Å². The SMILES string of the molecule is COc1cccc(C2=NN3[C@@H](c4cccc(F)c4)Oc4ccccc4[C@@H]3C2)c1. The zero-order chi connectivity index (χ0) is 19.1. The first-order valence-electron chi connectivity index (χ1n) is 9.24. The van der Waals surface area contributed by atoms with E-state index in [2.05, 4.69) is 6.07 Å². The topological polar surface area (TPSA) is 34.1 Å². The molecule has 3 aromatic carbocycles. The first kappa shape index (κ1) is 16.8. The number of hydrogen-bond donors (Lipinski definition) is 0. The van der Waals surface area contributed by atoms with Crippen molar-refractivity contribution in [2.24, 2.45) is 5.10 Å². The molecule has 0 aromatic heterocycles. The highest BCUT2D eigenvalue weighted by Crippen LogP contribution is 2.47. The predicted octanol–water partition coefficient (Wildman–Crippen LogP) is 5.08. The minimum Gasteiger partial charge on any atom is -0.497 e. The van der Waals surface area contributed by atoms with Crippen LogP contribution in [0.3, 0.4) is 0 Å². The second kappa shape index (κ2) is 6.68. The molecule has 0 saturated carbocycles. The molecule has 0 radical (unpaired) electrons. The summed E-state index contributed by atoms with van der Waals surface area (Å²) in [5.41, 5.74) is 3.82. The Morgan fingerprint density at radius 1 is 1.04 bits per heavy atom. The Morgan fingerprint density at radius 2 is 1.89 bits per heavy atom. The quantitative estimate of drug-likeness (QED) is 0.641. The van der Waals surface area contributed by atoms with Crippen LogP contribution in [-0.4, -0.2) is 17.8 Å². The van der Waals surface area contributed by atoms with Gasteiger partial charge in [-0.15, -0.1) is 0 Å². The van der Waals surface area contributed by atoms with Gasteiger partial charge in [-0.05, 0) is 30.3 Å². The van der Waals surface area contributed by atoms with E-state index in [1.54, 1.807) is 13.2 Å². The van der Waals surface area contributed by atoms with Crippen molar-refractivity contribution in [1.29, 1.82) is 0 Å². The molecule has 2 aliphatic heterocycles. The fraction of sp³-hybridized carbons (Fsp3) is 0.174. The molecule has 2 heterocycles. The summed E-state index contributed by atoms with van der Waals surface area (Å²) in [5, 5.41) is 6.84. The van der Waals surface area contributed by atoms with Gasteiger partial charge < -0.3 is 9.47 Å². The van der Waals surface area contributed by atoms with Crippen LogP contribution in [0.25, 0.3) is 0 Å². The van der Waals surface area contributed by atoms with Crippen LogP contribution in [0.5, 0.6) is 11.5 Å². The summed E-state index contributed by atoms with van der Waals surface area (Å²) in [6.45, 7) is 0. The van der Waals surface area contributed by atoms with Crippen LogP contribution in [0.2, 0.25) is 0 Å². The summed E-state index contributed by atoms with van der Waals surface area (Å²) in [5.74, 6) is 1.33. The molecule has 0 saturated heterocycles. The number of ether oxygens (including phenoxy) is 2. The fourth-order valence-corrected chi connectivity index (χ4v) is 3.89. The van der Waals surface area contributed by atoms with Gasteiger partial charge in [0.05, 0.1) is 18.9 Å². The van der Waals surface area contributed by atoms with Crippen LogP contribution in [0.4, 0.5) is 4.39 Å². The number of rotatable bonds is 3. The Bertz CT molecular complexity index is 1070. The minimum atomic E-state index is -0.473. The second-order valence-corrected chi connectivity index (χ2v) is 6.94. The lowest BCUT2D eigenvalue weighted by Crippen LogP contribution is -2.33. The van der Waals surface area contributed by atoms with E-state index in [0.717, 1.165) is 40.3 Å². The largest absolute Gasteiger partial charge is 0.497 e. The Balaban J connectivity index is 1.59. The molecule has 3 aromatic rings. The molecule has 5 rings (SSSR count). The zero-order valence-electron chi connectivity index (χ0n) is 15.4. The third-order valence-corrected chi connectivity index (χ3v) is 5.24. The van der Waals surface area contributed by atoms with E-state index >= 15 is 0 Å². The molecule has 4 nitrogen and oxygen atoms in total. The molecule has 0 amide bonds. The Labute approximate surface area is 162 Å². The van der Waals surface area contributed by atoms with Gasteiger partial charge in [0.2, 0.25) is 6.23 Å². The molecule has 0 spiro atoms. The molecule has 0 N–H and O–H groups in total. The van der Waals surface area contributed by atoms with Gasteiger partial charge in [0.25, 0.3) is 0 Å². The second-order valence-electron chi connectivity index (χ2n) is 6.94. The first-order chi connectivity index (χ1) is 13.7. The van der Waals surface area contributed by atoms with Gasteiger partial charge in [0.1, 0.15) is 17.3 Å². The van der Waals surface area contributed by atoms with E-state index in [1.807, 2.05) is 53.5 Å². The minimum absolute atomic E-state index is 0.0411. The maximum Gasteiger partial charge on any atom is 0.213 e. The molecular weight excluding hydrogens is 355 g/mol. The van der Waals surface area contributed by atoms with E-state index in [1.165, 1.54) is 12.1 Å². The van der Waals surface area contributed by atoms with Crippen LogP contribution >= 0.6 is 0 Å². The molecule has 0 bridgehead atoms. The molecule has 28 heavy (non-hydrogen) atoms. The van der Waals surface area contributed by atoms with Gasteiger partial charge in [0.15, 0.2) is 0 Å². The van der Waals surface area contributed by atoms with Crippen molar-refractivity contribution in [3.8, 4) is 11.5 Å². The normalized spacial score (nSPS) is 20.1. The molecule has 0 unspecified atom stereocenters. The Kier molecular flexibility index (Phi) is 4.01. The van der Waals surface area contributed by atoms with Crippen molar-refractivity contribution >= 4 is 5.71 Å². The zero-order valence-corrected chi connectivity index (χ0v) is 15.4. The highest BCUT2D eigenvalue weighted by atomic mass is 19.1. The van der Waals surface area contributed by atoms with Crippen molar-refractivity contribution in [3.63, 3.8) is 0 Å². The summed E-state index contributed by atoms with van der Waals surface area (Å²) in [7, 11) is 1.66. The van der Waals surface area contributed by atoms with Crippen molar-refractivity contribution in [1.82, 2.24) is 5.01 Å². The number of para-hydroxylation sites is 1. The van der Waals surface area contributed by atoms with Crippen LogP contribution in [0.1, 0.15) is 35.4 Å². The third-order valence-electron chi connectivity index (χ3n) is 5.24. The molecular formula is C23H19FN2O2. The lowest BCUT2D eigenvalue weighted by molar-refractivity contribution is -0.0192. The number of hydrazone groups is 1. The van der Waals surface area contributed by atoms with Crippen LogP contribution in [-0.2, 0) is 0 Å². The lowest BCUT2D eigenvalue weighted by Gasteiger charge is -2.38. The maximum atomic E-state index is 13.9. The molecule has 0 fully saturated rings. The summed E-state index contributed by atoms with van der Waals surface area (Å²) >= 11 is 0. The first-order valence-corrected chi connectivity index (χ1v) is 9.24. The van der Waals surface area contributed by atoms with E-state index in [0.29, 0.717) is 0 Å². The van der Waals surface area contributed by atoms with Crippen LogP contribution in [0.15, 0.2) is 77.9 Å². The smallest absolute Gasteiger partial charge is 0.213 e. The number of nitrogens with zero attached hydrogens (tertiary/aromatic N) is 2. The average molecular weight is 374 g/mol. The van der Waals surface area contributed by atoms with Crippen LogP contribution in [0, 0.1) is 5.82 Å². The summed E-state index contributed by atoms with van der Waals surface area (Å²) in [6, 6.07) is 22.4. The van der Waals surface area contributed by atoms with Gasteiger partial charge >= 0.3 is 0 Å². The molecule has 2 aliphatic rings. The predicted molar refractivity (Wildman–Crippen MR) is 105 cm³/mol. The third kappa shape index (κ3) is 2.80. The van der Waals surface area contributed by atoms with Crippen molar-refractivity contribution < 1.29 is 13.9 Å². The number of halogens is 1. The highest BCUT2D eigenvalue weighted by molar-refractivity contribution is 6.02. The number of fused-ring (bicyclic) bond motifs is 3. The monoisotopic (exact) mass is 374 g/mol. The molecule has 5 heteroatoms. The number of methoxy groups -OCH3 is 1. The van der Waals surface area contributed by atoms with Gasteiger partial charge in [0, 0.05) is 23.1 Å². The fourth-order valence-electron chi connectivity index (χ4n) is 3.89. The Hall–Kier alpha value is -3.34. The van der Waals surface area contributed by atoms with E-state index < -0.39 is 6.23 Å². The van der Waals surface area contributed by atoms with Gasteiger partial charge in [-0.25, -0.2) is 9.40 Å². The van der Waals surface area contributed by atoms with Crippen molar-refractivity contribution in [2.75, 3.05) is 7.11 Å². The van der Waals surface area contributed by atoms with Gasteiger partial charge in [-0.1, -0.05) is 42.5 Å². The van der Waals surface area contributed by atoms with Gasteiger partial charge in [-0.3, -0.25) is 0 Å². The summed E-state index contributed by atoms with van der Waals surface area (Å²) in [6.07, 6.45) is 0.276. The lowest BCUT2D eigenvalue weighted by atomic mass is 9.96. The summed E-state index contributed by atoms with van der Waals surface area (Å²) in [4.78, 5) is 0. The number of hydrogen-bond acceptors (Lipinski definition) is 4. The Morgan fingerprint density at radius 3 is 2.75 bits per heavy atom. The van der Waals surface area contributed by atoms with E-state index in [9.17, 15) is 4.39 Å². The van der Waals surface area contributed by atoms with E-state index in [4.69, 9.17) is 14.6 Å². The summed E-state index contributed by atoms with van der Waals surface area (Å²) < 4.78 is 25.5. The maximum absolute atomic E-state index is 13.9. The average Bonchev–Trinajstić information content (AvgIpc) is 3.19.